The maximum Gasteiger partial charge on any atom is 0.225 e. The average Bonchev–Trinajstić information content (AvgIpc) is 2.71. The molecule has 5 heteroatoms. The van der Waals surface area contributed by atoms with Gasteiger partial charge in [-0.15, -0.1) is 0 Å². The molecule has 0 bridgehead atoms. The fourth-order valence-corrected chi connectivity index (χ4v) is 2.58. The summed E-state index contributed by atoms with van der Waals surface area (Å²) in [5.74, 6) is 1.43. The molecule has 5 nitrogen and oxygen atoms in total. The summed E-state index contributed by atoms with van der Waals surface area (Å²) >= 11 is 0. The molecule has 1 aromatic heterocycles. The molecule has 0 aliphatic heterocycles. The lowest BCUT2D eigenvalue weighted by Crippen LogP contribution is -2.10. The lowest BCUT2D eigenvalue weighted by atomic mass is 10.1. The Bertz CT molecular complexity index is 794. The number of rotatable bonds is 9. The Kier molecular flexibility index (Phi) is 6.56. The van der Waals surface area contributed by atoms with Crippen LogP contribution in [0.3, 0.4) is 0 Å². The first-order valence-corrected chi connectivity index (χ1v) is 8.80. The van der Waals surface area contributed by atoms with E-state index >= 15 is 0 Å². The van der Waals surface area contributed by atoms with Crippen LogP contribution in [-0.4, -0.2) is 30.2 Å². The third-order valence-electron chi connectivity index (χ3n) is 3.92. The van der Waals surface area contributed by atoms with Gasteiger partial charge in [-0.1, -0.05) is 60.7 Å². The highest BCUT2D eigenvalue weighted by molar-refractivity contribution is 5.64. The van der Waals surface area contributed by atoms with Gasteiger partial charge in [0.25, 0.3) is 0 Å². The molecular formula is C21H24N4O. The van der Waals surface area contributed by atoms with Crippen molar-refractivity contribution in [2.24, 2.45) is 0 Å². The predicted octanol–water partition coefficient (Wildman–Crippen LogP) is 4.20. The van der Waals surface area contributed by atoms with Gasteiger partial charge in [0.2, 0.25) is 5.95 Å². The zero-order valence-electron chi connectivity index (χ0n) is 15.0. The van der Waals surface area contributed by atoms with Crippen LogP contribution in [0.2, 0.25) is 0 Å². The first-order valence-electron chi connectivity index (χ1n) is 8.80. The van der Waals surface area contributed by atoms with Crippen LogP contribution in [0.4, 0.5) is 11.8 Å². The van der Waals surface area contributed by atoms with Crippen molar-refractivity contribution in [3.63, 3.8) is 0 Å². The second kappa shape index (κ2) is 9.53. The Morgan fingerprint density at radius 1 is 0.885 bits per heavy atom. The second-order valence-electron chi connectivity index (χ2n) is 5.94. The SMILES string of the molecule is COCCCNc1nc(NCc2ccccc2)cc(-c2ccccc2)n1. The summed E-state index contributed by atoms with van der Waals surface area (Å²) in [7, 11) is 1.71. The van der Waals surface area contributed by atoms with Gasteiger partial charge < -0.3 is 15.4 Å². The van der Waals surface area contributed by atoms with Crippen LogP contribution in [0.15, 0.2) is 66.7 Å². The minimum absolute atomic E-state index is 0.623. The van der Waals surface area contributed by atoms with E-state index in [9.17, 15) is 0 Å². The molecule has 134 valence electrons. The van der Waals surface area contributed by atoms with Gasteiger partial charge in [-0.3, -0.25) is 0 Å². The van der Waals surface area contributed by atoms with E-state index in [1.54, 1.807) is 7.11 Å². The minimum atomic E-state index is 0.623. The molecule has 0 fully saturated rings. The summed E-state index contributed by atoms with van der Waals surface area (Å²) in [6.07, 6.45) is 0.905. The molecule has 0 saturated carbocycles. The number of ether oxygens (including phenoxy) is 1. The number of aromatic nitrogens is 2. The third-order valence-corrected chi connectivity index (χ3v) is 3.92. The molecule has 26 heavy (non-hydrogen) atoms. The second-order valence-corrected chi connectivity index (χ2v) is 5.94. The Labute approximate surface area is 154 Å². The van der Waals surface area contributed by atoms with Crippen LogP contribution in [0, 0.1) is 0 Å². The van der Waals surface area contributed by atoms with Gasteiger partial charge >= 0.3 is 0 Å². The Balaban J connectivity index is 1.77. The summed E-state index contributed by atoms with van der Waals surface area (Å²) in [4.78, 5) is 9.25. The molecule has 0 spiro atoms. The third kappa shape index (κ3) is 5.29. The smallest absolute Gasteiger partial charge is 0.225 e. The van der Waals surface area contributed by atoms with Crippen molar-refractivity contribution in [3.05, 3.63) is 72.3 Å². The summed E-state index contributed by atoms with van der Waals surface area (Å²) in [6, 6.07) is 22.4. The van der Waals surface area contributed by atoms with Crippen molar-refractivity contribution in [2.45, 2.75) is 13.0 Å². The fourth-order valence-electron chi connectivity index (χ4n) is 2.58. The summed E-state index contributed by atoms with van der Waals surface area (Å²) in [5, 5.41) is 6.68. The maximum atomic E-state index is 5.09. The zero-order valence-corrected chi connectivity index (χ0v) is 15.0. The van der Waals surface area contributed by atoms with Crippen molar-refractivity contribution in [1.82, 2.24) is 9.97 Å². The summed E-state index contributed by atoms with van der Waals surface area (Å²) < 4.78 is 5.09. The molecule has 0 aliphatic carbocycles. The normalized spacial score (nSPS) is 10.5. The molecule has 2 aromatic carbocycles. The van der Waals surface area contributed by atoms with Crippen molar-refractivity contribution in [1.29, 1.82) is 0 Å². The molecule has 2 N–H and O–H groups in total. The maximum absolute atomic E-state index is 5.09. The van der Waals surface area contributed by atoms with Crippen LogP contribution in [0.5, 0.6) is 0 Å². The van der Waals surface area contributed by atoms with Crippen LogP contribution >= 0.6 is 0 Å². The van der Waals surface area contributed by atoms with Crippen LogP contribution in [0.25, 0.3) is 11.3 Å². The van der Waals surface area contributed by atoms with E-state index in [1.807, 2.05) is 42.5 Å². The van der Waals surface area contributed by atoms with Gasteiger partial charge in [0.05, 0.1) is 5.69 Å². The molecule has 0 radical (unpaired) electrons. The number of benzene rings is 2. The number of hydrogen-bond donors (Lipinski definition) is 2. The molecule has 3 aromatic rings. The molecule has 3 rings (SSSR count). The molecule has 0 amide bonds. The quantitative estimate of drug-likeness (QED) is 0.568. The summed E-state index contributed by atoms with van der Waals surface area (Å²) in [5.41, 5.74) is 3.17. The summed E-state index contributed by atoms with van der Waals surface area (Å²) in [6.45, 7) is 2.20. The highest BCUT2D eigenvalue weighted by Gasteiger charge is 2.07. The van der Waals surface area contributed by atoms with Crippen LogP contribution in [0.1, 0.15) is 12.0 Å². The number of anilines is 2. The predicted molar refractivity (Wildman–Crippen MR) is 106 cm³/mol. The van der Waals surface area contributed by atoms with Crippen LogP contribution < -0.4 is 10.6 Å². The van der Waals surface area contributed by atoms with Gasteiger partial charge in [-0.2, -0.15) is 4.98 Å². The number of nitrogens with one attached hydrogen (secondary N) is 2. The standard InChI is InChI=1S/C21H24N4O/c1-26-14-8-13-22-21-24-19(18-11-6-3-7-12-18)15-20(25-21)23-16-17-9-4-2-5-10-17/h2-7,9-12,15H,8,13-14,16H2,1H3,(H2,22,23,24,25). The van der Waals surface area contributed by atoms with E-state index in [4.69, 9.17) is 4.74 Å². The van der Waals surface area contributed by atoms with E-state index in [-0.39, 0.29) is 0 Å². The first kappa shape index (κ1) is 17.9. The number of nitrogens with zero attached hydrogens (tertiary/aromatic N) is 2. The Hall–Kier alpha value is -2.92. The topological polar surface area (TPSA) is 59.1 Å². The number of hydrogen-bond acceptors (Lipinski definition) is 5. The lowest BCUT2D eigenvalue weighted by molar-refractivity contribution is 0.197. The molecule has 1 heterocycles. The van der Waals surface area contributed by atoms with Gasteiger partial charge in [0, 0.05) is 38.4 Å². The number of methoxy groups -OCH3 is 1. The lowest BCUT2D eigenvalue weighted by Gasteiger charge is -2.11. The highest BCUT2D eigenvalue weighted by atomic mass is 16.5. The van der Waals surface area contributed by atoms with Crippen molar-refractivity contribution >= 4 is 11.8 Å². The molecule has 0 aliphatic rings. The van der Waals surface area contributed by atoms with Gasteiger partial charge in [-0.05, 0) is 12.0 Å². The molecule has 0 saturated heterocycles. The van der Waals surface area contributed by atoms with E-state index < -0.39 is 0 Å². The first-order chi connectivity index (χ1) is 12.8. The largest absolute Gasteiger partial charge is 0.385 e. The minimum Gasteiger partial charge on any atom is -0.385 e. The van der Waals surface area contributed by atoms with E-state index in [2.05, 4.69) is 44.9 Å². The zero-order chi connectivity index (χ0) is 18.0. The Morgan fingerprint density at radius 2 is 1.62 bits per heavy atom. The van der Waals surface area contributed by atoms with Crippen molar-refractivity contribution < 1.29 is 4.74 Å². The average molecular weight is 348 g/mol. The molecular weight excluding hydrogens is 324 g/mol. The van der Waals surface area contributed by atoms with E-state index in [1.165, 1.54) is 5.56 Å². The van der Waals surface area contributed by atoms with E-state index in [0.717, 1.165) is 36.6 Å². The fraction of sp³-hybridized carbons (Fsp3) is 0.238. The van der Waals surface area contributed by atoms with Crippen molar-refractivity contribution in [3.8, 4) is 11.3 Å². The van der Waals surface area contributed by atoms with E-state index in [0.29, 0.717) is 12.6 Å². The van der Waals surface area contributed by atoms with Gasteiger partial charge in [0.15, 0.2) is 0 Å². The van der Waals surface area contributed by atoms with Crippen molar-refractivity contribution in [2.75, 3.05) is 30.9 Å². The van der Waals surface area contributed by atoms with Gasteiger partial charge in [-0.25, -0.2) is 4.98 Å². The van der Waals surface area contributed by atoms with Gasteiger partial charge in [0.1, 0.15) is 5.82 Å². The highest BCUT2D eigenvalue weighted by Crippen LogP contribution is 2.21. The van der Waals surface area contributed by atoms with Crippen LogP contribution in [-0.2, 0) is 11.3 Å². The Morgan fingerprint density at radius 3 is 2.35 bits per heavy atom. The molecule has 0 atom stereocenters. The monoisotopic (exact) mass is 348 g/mol. The molecule has 0 unspecified atom stereocenters.